The number of rotatable bonds is 11. The molecule has 0 radical (unpaired) electrons. The summed E-state index contributed by atoms with van der Waals surface area (Å²) in [4.78, 5) is 38.2. The lowest BCUT2D eigenvalue weighted by molar-refractivity contribution is -0.138. The van der Waals surface area contributed by atoms with Crippen LogP contribution in [0.25, 0.3) is 0 Å². The van der Waals surface area contributed by atoms with E-state index < -0.39 is 48.7 Å². The Balaban J connectivity index is 1.46. The molecule has 3 N–H and O–H groups in total. The lowest BCUT2D eigenvalue weighted by Gasteiger charge is -2.27. The fourth-order valence-electron chi connectivity index (χ4n) is 4.65. The summed E-state index contributed by atoms with van der Waals surface area (Å²) in [6, 6.07) is 4.31. The summed E-state index contributed by atoms with van der Waals surface area (Å²) >= 11 is 0. The van der Waals surface area contributed by atoms with E-state index in [1.807, 2.05) is 6.92 Å². The minimum Gasteiger partial charge on any atom is -0.347 e. The first-order valence-electron chi connectivity index (χ1n) is 12.3. The normalized spacial score (nSPS) is 16.4. The molecule has 3 amide bonds. The molecule has 0 aliphatic heterocycles. The number of hydrogen-bond acceptors (Lipinski definition) is 4. The van der Waals surface area contributed by atoms with Crippen molar-refractivity contribution in [2.24, 2.45) is 17.8 Å². The molecule has 1 heterocycles. The molecule has 1 aromatic carbocycles. The second kappa shape index (κ2) is 10.9. The fourth-order valence-corrected chi connectivity index (χ4v) is 4.65. The topological polar surface area (TPSA) is 105 Å². The minimum atomic E-state index is -4.55. The Morgan fingerprint density at radius 3 is 2.35 bits per heavy atom. The van der Waals surface area contributed by atoms with E-state index >= 15 is 0 Å². The van der Waals surface area contributed by atoms with Gasteiger partial charge < -0.3 is 16.0 Å². The highest BCUT2D eigenvalue weighted by Gasteiger charge is 2.48. The Kier molecular flexibility index (Phi) is 7.84. The number of anilines is 1. The molecular weight excluding hydrogens is 494 g/mol. The standard InChI is InChI=1S/C25H29F4N5O3/c1-2-34-19(9-10-31-34)23(36)33-22(21(15-4-5-15)16-6-7-16)24(37)32-18-8-3-14(11-17(18)26)12-20(35)30-13-25(27,28)29/h3,8-11,15-16,21-22H,2,4-7,12-13H2,1H3,(H,30,35)(H,32,37)(H,33,36). The van der Waals surface area contributed by atoms with Crippen LogP contribution in [0.5, 0.6) is 0 Å². The van der Waals surface area contributed by atoms with Gasteiger partial charge in [0.05, 0.1) is 12.1 Å². The van der Waals surface area contributed by atoms with E-state index in [0.29, 0.717) is 24.1 Å². The molecule has 1 aromatic heterocycles. The molecule has 2 aromatic rings. The largest absolute Gasteiger partial charge is 0.405 e. The van der Waals surface area contributed by atoms with E-state index in [2.05, 4.69) is 15.7 Å². The van der Waals surface area contributed by atoms with Gasteiger partial charge in [-0.15, -0.1) is 0 Å². The fraction of sp³-hybridized carbons (Fsp3) is 0.520. The SMILES string of the molecule is CCn1nccc1C(=O)NC(C(=O)Nc1ccc(CC(=O)NCC(F)(F)F)cc1F)C(C1CC1)C1CC1. The van der Waals surface area contributed by atoms with Crippen molar-refractivity contribution in [3.63, 3.8) is 0 Å². The Morgan fingerprint density at radius 1 is 1.11 bits per heavy atom. The quantitative estimate of drug-likeness (QED) is 0.393. The highest BCUT2D eigenvalue weighted by Crippen LogP contribution is 2.51. The summed E-state index contributed by atoms with van der Waals surface area (Å²) in [5.41, 5.74) is 0.333. The summed E-state index contributed by atoms with van der Waals surface area (Å²) in [5.74, 6) is -2.18. The van der Waals surface area contributed by atoms with Gasteiger partial charge in [0.25, 0.3) is 5.91 Å². The van der Waals surface area contributed by atoms with Gasteiger partial charge in [0, 0.05) is 12.7 Å². The van der Waals surface area contributed by atoms with E-state index in [-0.39, 0.29) is 17.2 Å². The van der Waals surface area contributed by atoms with Gasteiger partial charge in [0.1, 0.15) is 24.1 Å². The van der Waals surface area contributed by atoms with Crippen molar-refractivity contribution in [3.8, 4) is 0 Å². The molecule has 37 heavy (non-hydrogen) atoms. The van der Waals surface area contributed by atoms with Gasteiger partial charge in [-0.3, -0.25) is 19.1 Å². The van der Waals surface area contributed by atoms with E-state index in [1.165, 1.54) is 23.0 Å². The summed E-state index contributed by atoms with van der Waals surface area (Å²) < 4.78 is 53.1. The Morgan fingerprint density at radius 2 is 1.78 bits per heavy atom. The third-order valence-electron chi connectivity index (χ3n) is 6.68. The number of alkyl halides is 3. The van der Waals surface area contributed by atoms with Crippen LogP contribution < -0.4 is 16.0 Å². The monoisotopic (exact) mass is 523 g/mol. The second-order valence-electron chi connectivity index (χ2n) is 9.61. The second-order valence-corrected chi connectivity index (χ2v) is 9.61. The van der Waals surface area contributed by atoms with Crippen molar-refractivity contribution in [3.05, 3.63) is 47.5 Å². The van der Waals surface area contributed by atoms with E-state index in [0.717, 1.165) is 31.7 Å². The zero-order valence-corrected chi connectivity index (χ0v) is 20.3. The number of aryl methyl sites for hydroxylation is 1. The van der Waals surface area contributed by atoms with Crippen LogP contribution in [-0.4, -0.2) is 46.3 Å². The van der Waals surface area contributed by atoms with Crippen molar-refractivity contribution in [1.29, 1.82) is 0 Å². The molecule has 200 valence electrons. The number of aromatic nitrogens is 2. The third-order valence-corrected chi connectivity index (χ3v) is 6.68. The average molecular weight is 524 g/mol. The number of benzene rings is 1. The van der Waals surface area contributed by atoms with Gasteiger partial charge in [-0.2, -0.15) is 18.3 Å². The van der Waals surface area contributed by atoms with Crippen molar-refractivity contribution in [2.75, 3.05) is 11.9 Å². The molecule has 1 unspecified atom stereocenters. The molecule has 0 spiro atoms. The highest BCUT2D eigenvalue weighted by molar-refractivity contribution is 6.00. The number of nitrogens with zero attached hydrogens (tertiary/aromatic N) is 2. The van der Waals surface area contributed by atoms with Crippen LogP contribution >= 0.6 is 0 Å². The zero-order valence-electron chi connectivity index (χ0n) is 20.3. The molecule has 12 heteroatoms. The number of halogens is 4. The van der Waals surface area contributed by atoms with Crippen molar-refractivity contribution in [2.45, 2.75) is 57.8 Å². The Hall–Kier alpha value is -3.44. The van der Waals surface area contributed by atoms with Gasteiger partial charge >= 0.3 is 6.18 Å². The molecule has 4 rings (SSSR count). The predicted molar refractivity (Wildman–Crippen MR) is 126 cm³/mol. The van der Waals surface area contributed by atoms with Crippen LogP contribution in [0.4, 0.5) is 23.2 Å². The molecule has 8 nitrogen and oxygen atoms in total. The van der Waals surface area contributed by atoms with Crippen molar-refractivity contribution < 1.29 is 31.9 Å². The van der Waals surface area contributed by atoms with Crippen LogP contribution in [0.2, 0.25) is 0 Å². The lowest BCUT2D eigenvalue weighted by Crippen LogP contribution is -2.50. The molecule has 0 saturated heterocycles. The van der Waals surface area contributed by atoms with Crippen molar-refractivity contribution in [1.82, 2.24) is 20.4 Å². The summed E-state index contributed by atoms with van der Waals surface area (Å²) in [5, 5.41) is 11.3. The number of amides is 3. The van der Waals surface area contributed by atoms with E-state index in [4.69, 9.17) is 0 Å². The third kappa shape index (κ3) is 7.07. The van der Waals surface area contributed by atoms with Crippen LogP contribution in [0.15, 0.2) is 30.5 Å². The molecule has 2 fully saturated rings. The van der Waals surface area contributed by atoms with Gasteiger partial charge in [-0.1, -0.05) is 6.07 Å². The zero-order chi connectivity index (χ0) is 26.7. The summed E-state index contributed by atoms with van der Waals surface area (Å²) in [7, 11) is 0. The number of nitrogens with one attached hydrogen (secondary N) is 3. The maximum Gasteiger partial charge on any atom is 0.405 e. The first kappa shape index (κ1) is 26.6. The smallest absolute Gasteiger partial charge is 0.347 e. The number of carbonyl (C=O) groups is 3. The molecular formula is C25H29F4N5O3. The van der Waals surface area contributed by atoms with E-state index in [9.17, 15) is 31.9 Å². The van der Waals surface area contributed by atoms with Gasteiger partial charge in [-0.25, -0.2) is 4.39 Å². The highest BCUT2D eigenvalue weighted by atomic mass is 19.4. The number of hydrogen-bond donors (Lipinski definition) is 3. The molecule has 2 aliphatic rings. The molecule has 0 bridgehead atoms. The van der Waals surface area contributed by atoms with Gasteiger partial charge in [0.15, 0.2) is 0 Å². The van der Waals surface area contributed by atoms with Crippen LogP contribution in [0, 0.1) is 23.6 Å². The lowest BCUT2D eigenvalue weighted by atomic mass is 9.88. The van der Waals surface area contributed by atoms with Crippen LogP contribution in [0.3, 0.4) is 0 Å². The Bertz CT molecular complexity index is 1150. The summed E-state index contributed by atoms with van der Waals surface area (Å²) in [6.07, 6.45) is 0.375. The maximum atomic E-state index is 14.8. The van der Waals surface area contributed by atoms with Crippen LogP contribution in [-0.2, 0) is 22.6 Å². The first-order valence-corrected chi connectivity index (χ1v) is 12.3. The minimum absolute atomic E-state index is 0.0680. The summed E-state index contributed by atoms with van der Waals surface area (Å²) in [6.45, 7) is 0.850. The Labute approximate surface area is 211 Å². The molecule has 1 atom stereocenters. The van der Waals surface area contributed by atoms with Crippen molar-refractivity contribution >= 4 is 23.4 Å². The maximum absolute atomic E-state index is 14.8. The molecule has 2 saturated carbocycles. The van der Waals surface area contributed by atoms with Gasteiger partial charge in [0.2, 0.25) is 11.8 Å². The number of carbonyl (C=O) groups excluding carboxylic acids is 3. The average Bonchev–Trinajstić information content (AvgIpc) is 3.78. The first-order chi connectivity index (χ1) is 17.6. The van der Waals surface area contributed by atoms with Gasteiger partial charge in [-0.05, 0) is 74.1 Å². The van der Waals surface area contributed by atoms with Crippen LogP contribution in [0.1, 0.15) is 48.7 Å². The predicted octanol–water partition coefficient (Wildman–Crippen LogP) is 3.44. The van der Waals surface area contributed by atoms with E-state index in [1.54, 1.807) is 11.4 Å². The molecule has 2 aliphatic carbocycles.